The lowest BCUT2D eigenvalue weighted by molar-refractivity contribution is 0.168. The lowest BCUT2D eigenvalue weighted by atomic mass is 9.92. The van der Waals surface area contributed by atoms with E-state index in [1.54, 1.807) is 0 Å². The molecule has 0 amide bonds. The lowest BCUT2D eigenvalue weighted by Crippen LogP contribution is -2.39. The topological polar surface area (TPSA) is 15.3 Å². The zero-order chi connectivity index (χ0) is 12.9. The third-order valence-corrected chi connectivity index (χ3v) is 4.19. The number of rotatable bonds is 7. The summed E-state index contributed by atoms with van der Waals surface area (Å²) in [5.74, 6) is 0. The molecule has 0 saturated heterocycles. The second-order valence-electron chi connectivity index (χ2n) is 5.55. The van der Waals surface area contributed by atoms with E-state index < -0.39 is 0 Å². The Bertz CT molecular complexity index is 306. The molecular formula is C14H26N2S. The minimum absolute atomic E-state index is 0.316. The predicted octanol–water partition coefficient (Wildman–Crippen LogP) is 3.38. The Hall–Kier alpha value is -0.380. The van der Waals surface area contributed by atoms with Crippen molar-refractivity contribution in [1.82, 2.24) is 10.2 Å². The van der Waals surface area contributed by atoms with E-state index in [4.69, 9.17) is 0 Å². The van der Waals surface area contributed by atoms with Crippen LogP contribution >= 0.6 is 11.3 Å². The van der Waals surface area contributed by atoms with Gasteiger partial charge in [0.25, 0.3) is 0 Å². The smallest absolute Gasteiger partial charge is 0.0410 e. The summed E-state index contributed by atoms with van der Waals surface area (Å²) in [6, 6.07) is 4.87. The van der Waals surface area contributed by atoms with Gasteiger partial charge in [0.15, 0.2) is 0 Å². The molecule has 0 radical (unpaired) electrons. The summed E-state index contributed by atoms with van der Waals surface area (Å²) in [5, 5.41) is 5.60. The normalized spacial score (nSPS) is 14.2. The molecule has 1 N–H and O–H groups in total. The minimum Gasteiger partial charge on any atom is -0.316 e. The molecule has 0 aliphatic carbocycles. The molecule has 0 aromatic carbocycles. The Morgan fingerprint density at radius 2 is 2.18 bits per heavy atom. The molecule has 3 heteroatoms. The number of nitrogens with one attached hydrogen (secondary N) is 1. The lowest BCUT2D eigenvalue weighted by Gasteiger charge is -2.33. The fourth-order valence-electron chi connectivity index (χ4n) is 2.08. The van der Waals surface area contributed by atoms with Crippen LogP contribution in [0.1, 0.15) is 38.6 Å². The van der Waals surface area contributed by atoms with Crippen molar-refractivity contribution in [2.24, 2.45) is 5.41 Å². The molecule has 1 rings (SSSR count). The van der Waals surface area contributed by atoms with E-state index in [0.717, 1.165) is 19.6 Å². The Labute approximate surface area is 110 Å². The Morgan fingerprint density at radius 1 is 1.47 bits per heavy atom. The van der Waals surface area contributed by atoms with Crippen LogP contribution in [0, 0.1) is 5.41 Å². The van der Waals surface area contributed by atoms with Crippen molar-refractivity contribution >= 4 is 11.3 Å². The standard InChI is InChI=1S/C14H26N2S/c1-6-15-10-14(3,4)11-16(5)12(2)13-8-7-9-17-13/h7-9,12,15H,6,10-11H2,1-5H3. The number of hydrogen-bond donors (Lipinski definition) is 1. The molecule has 0 aliphatic rings. The Kier molecular flexibility index (Phi) is 5.63. The molecular weight excluding hydrogens is 228 g/mol. The highest BCUT2D eigenvalue weighted by molar-refractivity contribution is 7.10. The van der Waals surface area contributed by atoms with Crippen molar-refractivity contribution < 1.29 is 0 Å². The summed E-state index contributed by atoms with van der Waals surface area (Å²) in [7, 11) is 2.22. The summed E-state index contributed by atoms with van der Waals surface area (Å²) in [4.78, 5) is 3.90. The molecule has 98 valence electrons. The first kappa shape index (κ1) is 14.7. The molecule has 0 fully saturated rings. The van der Waals surface area contributed by atoms with Crippen molar-refractivity contribution in [1.29, 1.82) is 0 Å². The van der Waals surface area contributed by atoms with Gasteiger partial charge in [0.1, 0.15) is 0 Å². The first-order valence-corrected chi connectivity index (χ1v) is 7.28. The van der Waals surface area contributed by atoms with E-state index in [9.17, 15) is 0 Å². The van der Waals surface area contributed by atoms with Crippen LogP contribution in [0.25, 0.3) is 0 Å². The van der Waals surface area contributed by atoms with Gasteiger partial charge in [0, 0.05) is 24.0 Å². The van der Waals surface area contributed by atoms with E-state index >= 15 is 0 Å². The molecule has 0 saturated carbocycles. The number of hydrogen-bond acceptors (Lipinski definition) is 3. The highest BCUT2D eigenvalue weighted by atomic mass is 32.1. The maximum atomic E-state index is 3.44. The summed E-state index contributed by atoms with van der Waals surface area (Å²) in [6.45, 7) is 12.3. The van der Waals surface area contributed by atoms with Gasteiger partial charge in [-0.25, -0.2) is 0 Å². The number of thiophene rings is 1. The SMILES string of the molecule is CCNCC(C)(C)CN(C)C(C)c1cccs1. The van der Waals surface area contributed by atoms with Crippen molar-refractivity contribution in [3.05, 3.63) is 22.4 Å². The monoisotopic (exact) mass is 254 g/mol. The third kappa shape index (κ3) is 4.78. The van der Waals surface area contributed by atoms with Gasteiger partial charge in [0.05, 0.1) is 0 Å². The molecule has 1 aromatic rings. The molecule has 0 bridgehead atoms. The van der Waals surface area contributed by atoms with Gasteiger partial charge in [-0.3, -0.25) is 4.90 Å². The van der Waals surface area contributed by atoms with Crippen molar-refractivity contribution in [2.75, 3.05) is 26.7 Å². The maximum Gasteiger partial charge on any atom is 0.0410 e. The second kappa shape index (κ2) is 6.53. The van der Waals surface area contributed by atoms with Crippen LogP contribution in [0.4, 0.5) is 0 Å². The first-order chi connectivity index (χ1) is 7.96. The van der Waals surface area contributed by atoms with E-state index in [-0.39, 0.29) is 0 Å². The van der Waals surface area contributed by atoms with Crippen LogP contribution in [0.2, 0.25) is 0 Å². The molecule has 1 heterocycles. The van der Waals surface area contributed by atoms with Crippen LogP contribution in [0.5, 0.6) is 0 Å². The molecule has 2 nitrogen and oxygen atoms in total. The third-order valence-electron chi connectivity index (χ3n) is 3.15. The van der Waals surface area contributed by atoms with Gasteiger partial charge in [-0.2, -0.15) is 0 Å². The second-order valence-corrected chi connectivity index (χ2v) is 6.53. The quantitative estimate of drug-likeness (QED) is 0.802. The zero-order valence-electron chi connectivity index (χ0n) is 11.8. The van der Waals surface area contributed by atoms with Crippen LogP contribution in [-0.4, -0.2) is 31.6 Å². The molecule has 1 atom stereocenters. The van der Waals surface area contributed by atoms with Crippen molar-refractivity contribution in [3.63, 3.8) is 0 Å². The van der Waals surface area contributed by atoms with Gasteiger partial charge in [-0.15, -0.1) is 11.3 Å². The van der Waals surface area contributed by atoms with Crippen LogP contribution in [-0.2, 0) is 0 Å². The van der Waals surface area contributed by atoms with Gasteiger partial charge in [0.2, 0.25) is 0 Å². The van der Waals surface area contributed by atoms with Crippen LogP contribution < -0.4 is 5.32 Å². The summed E-state index contributed by atoms with van der Waals surface area (Å²) < 4.78 is 0. The highest BCUT2D eigenvalue weighted by Crippen LogP contribution is 2.26. The summed E-state index contributed by atoms with van der Waals surface area (Å²) in [5.41, 5.74) is 0.316. The fraction of sp³-hybridized carbons (Fsp3) is 0.714. The molecule has 17 heavy (non-hydrogen) atoms. The van der Waals surface area contributed by atoms with E-state index in [1.807, 2.05) is 11.3 Å². The fourth-order valence-corrected chi connectivity index (χ4v) is 2.93. The highest BCUT2D eigenvalue weighted by Gasteiger charge is 2.22. The largest absolute Gasteiger partial charge is 0.316 e. The molecule has 0 aliphatic heterocycles. The molecule has 0 spiro atoms. The van der Waals surface area contributed by atoms with Crippen LogP contribution in [0.15, 0.2) is 17.5 Å². The van der Waals surface area contributed by atoms with E-state index in [1.165, 1.54) is 4.88 Å². The van der Waals surface area contributed by atoms with Gasteiger partial charge in [-0.05, 0) is 37.4 Å². The predicted molar refractivity (Wildman–Crippen MR) is 77.7 cm³/mol. The van der Waals surface area contributed by atoms with Crippen molar-refractivity contribution in [3.8, 4) is 0 Å². The van der Waals surface area contributed by atoms with E-state index in [0.29, 0.717) is 11.5 Å². The summed E-state index contributed by atoms with van der Waals surface area (Å²) >= 11 is 1.85. The average molecular weight is 254 g/mol. The van der Waals surface area contributed by atoms with Gasteiger partial charge < -0.3 is 5.32 Å². The average Bonchev–Trinajstić information content (AvgIpc) is 2.78. The number of nitrogens with zero attached hydrogens (tertiary/aromatic N) is 1. The van der Waals surface area contributed by atoms with Gasteiger partial charge >= 0.3 is 0 Å². The maximum absolute atomic E-state index is 3.44. The molecule has 1 unspecified atom stereocenters. The summed E-state index contributed by atoms with van der Waals surface area (Å²) in [6.07, 6.45) is 0. The Morgan fingerprint density at radius 3 is 2.71 bits per heavy atom. The van der Waals surface area contributed by atoms with Crippen molar-refractivity contribution in [2.45, 2.75) is 33.7 Å². The first-order valence-electron chi connectivity index (χ1n) is 6.40. The van der Waals surface area contributed by atoms with Gasteiger partial charge in [-0.1, -0.05) is 26.8 Å². The van der Waals surface area contributed by atoms with E-state index in [2.05, 4.69) is 62.5 Å². The molecule has 1 aromatic heterocycles. The minimum atomic E-state index is 0.316. The Balaban J connectivity index is 2.50. The zero-order valence-corrected chi connectivity index (χ0v) is 12.6. The van der Waals surface area contributed by atoms with Crippen LogP contribution in [0.3, 0.4) is 0 Å².